The Bertz CT molecular complexity index is 582. The molecule has 0 atom stereocenters. The molecule has 106 valence electrons. The Morgan fingerprint density at radius 2 is 2.25 bits per heavy atom. The maximum absolute atomic E-state index is 11.8. The van der Waals surface area contributed by atoms with Crippen molar-refractivity contribution in [3.05, 3.63) is 36.7 Å². The second-order valence-electron chi connectivity index (χ2n) is 4.44. The lowest BCUT2D eigenvalue weighted by Crippen LogP contribution is -2.12. The molecule has 0 unspecified atom stereocenters. The number of anilines is 2. The van der Waals surface area contributed by atoms with Gasteiger partial charge >= 0.3 is 0 Å². The maximum atomic E-state index is 11.8. The van der Waals surface area contributed by atoms with Gasteiger partial charge in [-0.1, -0.05) is 12.1 Å². The summed E-state index contributed by atoms with van der Waals surface area (Å²) in [5.74, 6) is 0.887. The third kappa shape index (κ3) is 4.31. The summed E-state index contributed by atoms with van der Waals surface area (Å²) in [5, 5.41) is 6.92. The Morgan fingerprint density at radius 3 is 2.95 bits per heavy atom. The first kappa shape index (κ1) is 14.5. The number of para-hydroxylation sites is 2. The molecule has 5 nitrogen and oxygen atoms in total. The van der Waals surface area contributed by atoms with Crippen LogP contribution < -0.4 is 11.1 Å². The number of nitrogens with two attached hydrogens (primary N) is 1. The number of benzene rings is 1. The molecule has 1 heterocycles. The number of carbonyl (C=O) groups excluding carboxylic acids is 1. The van der Waals surface area contributed by atoms with Crippen LogP contribution >= 0.6 is 11.8 Å². The van der Waals surface area contributed by atoms with E-state index in [4.69, 9.17) is 5.73 Å². The first-order valence-electron chi connectivity index (χ1n) is 6.41. The second kappa shape index (κ2) is 7.00. The highest BCUT2D eigenvalue weighted by molar-refractivity contribution is 7.99. The number of aryl methyl sites for hydroxylation is 1. The van der Waals surface area contributed by atoms with Crippen molar-refractivity contribution in [1.82, 2.24) is 9.78 Å². The average molecular weight is 290 g/mol. The van der Waals surface area contributed by atoms with Crippen LogP contribution in [0, 0.1) is 0 Å². The molecule has 0 fully saturated rings. The lowest BCUT2D eigenvalue weighted by molar-refractivity contribution is -0.116. The zero-order valence-corrected chi connectivity index (χ0v) is 12.2. The van der Waals surface area contributed by atoms with E-state index in [1.54, 1.807) is 28.6 Å². The molecule has 0 aliphatic rings. The molecule has 0 saturated carbocycles. The molecule has 1 amide bonds. The molecule has 0 aliphatic carbocycles. The number of hydrogen-bond acceptors (Lipinski definition) is 4. The van der Waals surface area contributed by atoms with E-state index in [-0.39, 0.29) is 5.91 Å². The van der Waals surface area contributed by atoms with Crippen molar-refractivity contribution in [2.45, 2.75) is 17.7 Å². The van der Waals surface area contributed by atoms with Crippen LogP contribution in [-0.2, 0) is 11.8 Å². The van der Waals surface area contributed by atoms with Crippen LogP contribution in [0.2, 0.25) is 0 Å². The van der Waals surface area contributed by atoms with E-state index in [1.807, 2.05) is 31.6 Å². The maximum Gasteiger partial charge on any atom is 0.224 e. The van der Waals surface area contributed by atoms with Crippen molar-refractivity contribution in [1.29, 1.82) is 0 Å². The predicted octanol–water partition coefficient (Wildman–Crippen LogP) is 2.51. The van der Waals surface area contributed by atoms with Gasteiger partial charge in [-0.3, -0.25) is 9.48 Å². The van der Waals surface area contributed by atoms with E-state index in [2.05, 4.69) is 10.4 Å². The Kier molecular flexibility index (Phi) is 5.06. The summed E-state index contributed by atoms with van der Waals surface area (Å²) in [6.07, 6.45) is 5.10. The van der Waals surface area contributed by atoms with E-state index >= 15 is 0 Å². The first-order chi connectivity index (χ1) is 9.65. The normalized spacial score (nSPS) is 10.4. The molecule has 20 heavy (non-hydrogen) atoms. The van der Waals surface area contributed by atoms with Crippen molar-refractivity contribution in [3.63, 3.8) is 0 Å². The van der Waals surface area contributed by atoms with E-state index < -0.39 is 0 Å². The fraction of sp³-hybridized carbons (Fsp3) is 0.286. The number of carbonyl (C=O) groups is 1. The number of thioether (sulfide) groups is 1. The summed E-state index contributed by atoms with van der Waals surface area (Å²) in [5.41, 5.74) is 7.04. The zero-order valence-electron chi connectivity index (χ0n) is 11.4. The molecule has 0 spiro atoms. The fourth-order valence-corrected chi connectivity index (χ4v) is 2.59. The smallest absolute Gasteiger partial charge is 0.224 e. The summed E-state index contributed by atoms with van der Waals surface area (Å²) in [6, 6.07) is 7.27. The van der Waals surface area contributed by atoms with Gasteiger partial charge in [0, 0.05) is 24.6 Å². The molecule has 3 N–H and O–H groups in total. The Morgan fingerprint density at radius 1 is 1.45 bits per heavy atom. The average Bonchev–Trinajstić information content (AvgIpc) is 2.83. The Hall–Kier alpha value is -1.95. The standard InChI is InChI=1S/C14H18N4OS/c1-18-10-11(9-16-18)20-8-4-7-14(19)17-13-6-3-2-5-12(13)15/h2-3,5-6,9-10H,4,7-8,15H2,1H3,(H,17,19). The van der Waals surface area contributed by atoms with Crippen LogP contribution in [0.15, 0.2) is 41.6 Å². The van der Waals surface area contributed by atoms with E-state index in [0.717, 1.165) is 17.1 Å². The Labute approximate surface area is 122 Å². The van der Waals surface area contributed by atoms with E-state index in [9.17, 15) is 4.79 Å². The minimum atomic E-state index is -0.00492. The van der Waals surface area contributed by atoms with Crippen molar-refractivity contribution >= 4 is 29.0 Å². The van der Waals surface area contributed by atoms with Gasteiger partial charge in [-0.05, 0) is 24.3 Å². The first-order valence-corrected chi connectivity index (χ1v) is 7.39. The van der Waals surface area contributed by atoms with Crippen LogP contribution in [0.5, 0.6) is 0 Å². The number of aromatic nitrogens is 2. The highest BCUT2D eigenvalue weighted by Gasteiger charge is 2.05. The predicted molar refractivity (Wildman–Crippen MR) is 82.7 cm³/mol. The van der Waals surface area contributed by atoms with Gasteiger partial charge in [0.1, 0.15) is 0 Å². The van der Waals surface area contributed by atoms with Gasteiger partial charge < -0.3 is 11.1 Å². The van der Waals surface area contributed by atoms with Gasteiger partial charge in [-0.2, -0.15) is 5.10 Å². The summed E-state index contributed by atoms with van der Waals surface area (Å²) in [4.78, 5) is 12.9. The molecule has 6 heteroatoms. The van der Waals surface area contributed by atoms with Crippen molar-refractivity contribution in [2.75, 3.05) is 16.8 Å². The quantitative estimate of drug-likeness (QED) is 0.487. The van der Waals surface area contributed by atoms with Crippen LogP contribution in [0.1, 0.15) is 12.8 Å². The number of amides is 1. The third-order valence-corrected chi connectivity index (χ3v) is 3.77. The molecule has 1 aromatic carbocycles. The van der Waals surface area contributed by atoms with Crippen LogP contribution in [0.4, 0.5) is 11.4 Å². The minimum Gasteiger partial charge on any atom is -0.397 e. The van der Waals surface area contributed by atoms with Gasteiger partial charge in [0.25, 0.3) is 0 Å². The summed E-state index contributed by atoms with van der Waals surface area (Å²) >= 11 is 1.70. The van der Waals surface area contributed by atoms with Gasteiger partial charge in [-0.25, -0.2) is 0 Å². The molecule has 1 aromatic heterocycles. The van der Waals surface area contributed by atoms with E-state index in [0.29, 0.717) is 17.8 Å². The number of nitrogens with zero attached hydrogens (tertiary/aromatic N) is 2. The van der Waals surface area contributed by atoms with Crippen LogP contribution in [0.3, 0.4) is 0 Å². The minimum absolute atomic E-state index is 0.00492. The van der Waals surface area contributed by atoms with Crippen LogP contribution in [-0.4, -0.2) is 21.4 Å². The number of nitrogens with one attached hydrogen (secondary N) is 1. The monoisotopic (exact) mass is 290 g/mol. The highest BCUT2D eigenvalue weighted by Crippen LogP contribution is 2.19. The molecule has 0 radical (unpaired) electrons. The summed E-state index contributed by atoms with van der Waals surface area (Å²) in [6.45, 7) is 0. The number of nitrogen functional groups attached to an aromatic ring is 1. The molecule has 0 bridgehead atoms. The van der Waals surface area contributed by atoms with Gasteiger partial charge in [0.2, 0.25) is 5.91 Å². The highest BCUT2D eigenvalue weighted by atomic mass is 32.2. The molecule has 0 saturated heterocycles. The summed E-state index contributed by atoms with van der Waals surface area (Å²) < 4.78 is 1.77. The summed E-state index contributed by atoms with van der Waals surface area (Å²) in [7, 11) is 1.89. The van der Waals surface area contributed by atoms with Crippen molar-refractivity contribution < 1.29 is 4.79 Å². The fourth-order valence-electron chi connectivity index (χ4n) is 1.72. The van der Waals surface area contributed by atoms with E-state index in [1.165, 1.54) is 0 Å². The molecule has 0 aliphatic heterocycles. The van der Waals surface area contributed by atoms with Crippen molar-refractivity contribution in [3.8, 4) is 0 Å². The second-order valence-corrected chi connectivity index (χ2v) is 5.61. The lowest BCUT2D eigenvalue weighted by atomic mass is 10.2. The van der Waals surface area contributed by atoms with Gasteiger partial charge in [0.05, 0.1) is 17.6 Å². The van der Waals surface area contributed by atoms with Gasteiger partial charge in [-0.15, -0.1) is 11.8 Å². The number of rotatable bonds is 6. The molecular weight excluding hydrogens is 272 g/mol. The zero-order chi connectivity index (χ0) is 14.4. The lowest BCUT2D eigenvalue weighted by Gasteiger charge is -2.07. The topological polar surface area (TPSA) is 72.9 Å². The SMILES string of the molecule is Cn1cc(SCCCC(=O)Nc2ccccc2N)cn1. The molecule has 2 aromatic rings. The molecular formula is C14H18N4OS. The van der Waals surface area contributed by atoms with Gasteiger partial charge in [0.15, 0.2) is 0 Å². The van der Waals surface area contributed by atoms with Crippen molar-refractivity contribution in [2.24, 2.45) is 7.05 Å². The largest absolute Gasteiger partial charge is 0.397 e. The molecule has 2 rings (SSSR count). The number of hydrogen-bond donors (Lipinski definition) is 2. The Balaban J connectivity index is 1.69. The van der Waals surface area contributed by atoms with Crippen LogP contribution in [0.25, 0.3) is 0 Å². The third-order valence-electron chi connectivity index (χ3n) is 2.73.